The highest BCUT2D eigenvalue weighted by atomic mass is 16.5. The fourth-order valence-electron chi connectivity index (χ4n) is 2.04. The predicted molar refractivity (Wildman–Crippen MR) is 79.2 cm³/mol. The molecule has 19 heavy (non-hydrogen) atoms. The normalized spacial score (nSPS) is 12.5. The molecule has 0 aromatic carbocycles. The van der Waals surface area contributed by atoms with Crippen molar-refractivity contribution in [3.8, 4) is 0 Å². The van der Waals surface area contributed by atoms with Crippen LogP contribution >= 0.6 is 0 Å². The molecule has 0 spiro atoms. The molecule has 0 fully saturated rings. The van der Waals surface area contributed by atoms with E-state index in [0.29, 0.717) is 24.8 Å². The molecule has 0 bridgehead atoms. The van der Waals surface area contributed by atoms with Gasteiger partial charge >= 0.3 is 0 Å². The summed E-state index contributed by atoms with van der Waals surface area (Å²) in [6.45, 7) is 6.32. The zero-order chi connectivity index (χ0) is 14.1. The Morgan fingerprint density at radius 1 is 1.37 bits per heavy atom. The van der Waals surface area contributed by atoms with Gasteiger partial charge in [-0.3, -0.25) is 4.79 Å². The molecule has 1 aromatic rings. The molecule has 108 valence electrons. The van der Waals surface area contributed by atoms with Gasteiger partial charge < -0.3 is 15.0 Å². The predicted octanol–water partition coefficient (Wildman–Crippen LogP) is 2.66. The van der Waals surface area contributed by atoms with E-state index in [4.69, 9.17) is 10.5 Å². The number of nitrogens with two attached hydrogens (primary N) is 1. The Balaban J connectivity index is 2.29. The van der Waals surface area contributed by atoms with Crippen LogP contribution in [-0.4, -0.2) is 17.8 Å². The molecule has 0 saturated heterocycles. The van der Waals surface area contributed by atoms with E-state index in [1.807, 2.05) is 0 Å². The number of pyridine rings is 1. The van der Waals surface area contributed by atoms with Gasteiger partial charge in [0.2, 0.25) is 0 Å². The lowest BCUT2D eigenvalue weighted by atomic mass is 10.0. The standard InChI is InChI=1S/C15H26N2O2/c1-3-5-6-13(4-2)12-19-10-9-17-11-14(16)7-8-15(17)18/h7-8,11,13H,3-6,9-10,12,16H2,1-2H3. The molecule has 0 radical (unpaired) electrons. The molecule has 1 rings (SSSR count). The largest absolute Gasteiger partial charge is 0.398 e. The first kappa shape index (κ1) is 15.8. The SMILES string of the molecule is CCCCC(CC)COCCn1cc(N)ccc1=O. The summed E-state index contributed by atoms with van der Waals surface area (Å²) in [7, 11) is 0. The summed E-state index contributed by atoms with van der Waals surface area (Å²) in [6, 6.07) is 3.11. The first-order chi connectivity index (χ1) is 9.17. The van der Waals surface area contributed by atoms with Gasteiger partial charge in [-0.05, 0) is 18.4 Å². The monoisotopic (exact) mass is 266 g/mol. The van der Waals surface area contributed by atoms with Gasteiger partial charge in [-0.15, -0.1) is 0 Å². The maximum absolute atomic E-state index is 11.5. The van der Waals surface area contributed by atoms with Crippen molar-refractivity contribution in [3.05, 3.63) is 28.7 Å². The van der Waals surface area contributed by atoms with E-state index in [-0.39, 0.29) is 5.56 Å². The fraction of sp³-hybridized carbons (Fsp3) is 0.667. The van der Waals surface area contributed by atoms with Crippen molar-refractivity contribution in [1.82, 2.24) is 4.57 Å². The smallest absolute Gasteiger partial charge is 0.250 e. The van der Waals surface area contributed by atoms with E-state index in [1.54, 1.807) is 16.8 Å². The minimum Gasteiger partial charge on any atom is -0.398 e. The van der Waals surface area contributed by atoms with Crippen molar-refractivity contribution in [2.75, 3.05) is 18.9 Å². The highest BCUT2D eigenvalue weighted by Gasteiger charge is 2.05. The lowest BCUT2D eigenvalue weighted by molar-refractivity contribution is 0.0875. The summed E-state index contributed by atoms with van der Waals surface area (Å²) in [5.74, 6) is 0.637. The summed E-state index contributed by atoms with van der Waals surface area (Å²) < 4.78 is 7.28. The minimum absolute atomic E-state index is 0.0316. The summed E-state index contributed by atoms with van der Waals surface area (Å²) >= 11 is 0. The third-order valence-corrected chi connectivity index (χ3v) is 3.38. The third-order valence-electron chi connectivity index (χ3n) is 3.38. The van der Waals surface area contributed by atoms with Crippen molar-refractivity contribution in [1.29, 1.82) is 0 Å². The van der Waals surface area contributed by atoms with Crippen molar-refractivity contribution in [3.63, 3.8) is 0 Å². The first-order valence-electron chi connectivity index (χ1n) is 7.21. The number of nitrogens with zero attached hydrogens (tertiary/aromatic N) is 1. The van der Waals surface area contributed by atoms with Gasteiger partial charge in [0, 0.05) is 31.1 Å². The quantitative estimate of drug-likeness (QED) is 0.699. The maximum atomic E-state index is 11.5. The number of anilines is 1. The number of unbranched alkanes of at least 4 members (excludes halogenated alkanes) is 1. The number of aromatic nitrogens is 1. The Morgan fingerprint density at radius 2 is 2.16 bits per heavy atom. The van der Waals surface area contributed by atoms with Gasteiger partial charge in [0.05, 0.1) is 6.61 Å². The van der Waals surface area contributed by atoms with Crippen molar-refractivity contribution >= 4 is 5.69 Å². The average molecular weight is 266 g/mol. The van der Waals surface area contributed by atoms with Crippen LogP contribution in [0.1, 0.15) is 39.5 Å². The highest BCUT2D eigenvalue weighted by molar-refractivity contribution is 5.33. The Bertz CT molecular complexity index is 415. The molecule has 2 N–H and O–H groups in total. The van der Waals surface area contributed by atoms with Crippen LogP contribution in [0.4, 0.5) is 5.69 Å². The van der Waals surface area contributed by atoms with Gasteiger partial charge in [-0.2, -0.15) is 0 Å². The molecular formula is C15H26N2O2. The second-order valence-electron chi connectivity index (χ2n) is 4.99. The maximum Gasteiger partial charge on any atom is 0.250 e. The summed E-state index contributed by atoms with van der Waals surface area (Å²) in [5.41, 5.74) is 6.23. The number of hydrogen-bond donors (Lipinski definition) is 1. The van der Waals surface area contributed by atoms with Gasteiger partial charge in [0.25, 0.3) is 5.56 Å². The second kappa shape index (κ2) is 8.75. The molecule has 1 aromatic heterocycles. The number of rotatable bonds is 9. The van der Waals surface area contributed by atoms with Crippen LogP contribution in [0.5, 0.6) is 0 Å². The first-order valence-corrected chi connectivity index (χ1v) is 7.21. The molecule has 1 unspecified atom stereocenters. The van der Waals surface area contributed by atoms with Crippen molar-refractivity contribution in [2.24, 2.45) is 5.92 Å². The summed E-state index contributed by atoms with van der Waals surface area (Å²) in [4.78, 5) is 11.5. The van der Waals surface area contributed by atoms with Crippen LogP contribution in [0.15, 0.2) is 23.1 Å². The van der Waals surface area contributed by atoms with E-state index in [9.17, 15) is 4.79 Å². The van der Waals surface area contributed by atoms with Crippen LogP contribution < -0.4 is 11.3 Å². The molecule has 0 amide bonds. The van der Waals surface area contributed by atoms with Gasteiger partial charge in [0.1, 0.15) is 0 Å². The van der Waals surface area contributed by atoms with Crippen LogP contribution in [0.25, 0.3) is 0 Å². The molecule has 1 heterocycles. The molecule has 0 aliphatic heterocycles. The zero-order valence-corrected chi connectivity index (χ0v) is 12.1. The van der Waals surface area contributed by atoms with Crippen molar-refractivity contribution in [2.45, 2.75) is 46.1 Å². The van der Waals surface area contributed by atoms with Gasteiger partial charge in [-0.1, -0.05) is 33.1 Å². The Labute approximate surface area is 115 Å². The molecular weight excluding hydrogens is 240 g/mol. The van der Waals surface area contributed by atoms with Gasteiger partial charge in [0.15, 0.2) is 0 Å². The summed E-state index contributed by atoms with van der Waals surface area (Å²) in [5, 5.41) is 0. The lowest BCUT2D eigenvalue weighted by Gasteiger charge is -2.15. The Kier molecular flexibility index (Phi) is 7.26. The number of nitrogen functional groups attached to an aromatic ring is 1. The molecule has 0 aliphatic rings. The number of ether oxygens (including phenoxy) is 1. The average Bonchev–Trinajstić information content (AvgIpc) is 2.41. The van der Waals surface area contributed by atoms with E-state index in [1.165, 1.54) is 25.3 Å². The molecule has 0 aliphatic carbocycles. The van der Waals surface area contributed by atoms with E-state index < -0.39 is 0 Å². The minimum atomic E-state index is -0.0316. The van der Waals surface area contributed by atoms with E-state index in [0.717, 1.165) is 13.0 Å². The van der Waals surface area contributed by atoms with Gasteiger partial charge in [-0.25, -0.2) is 0 Å². The van der Waals surface area contributed by atoms with Crippen LogP contribution in [0, 0.1) is 5.92 Å². The lowest BCUT2D eigenvalue weighted by Crippen LogP contribution is -2.22. The van der Waals surface area contributed by atoms with E-state index in [2.05, 4.69) is 13.8 Å². The number of hydrogen-bond acceptors (Lipinski definition) is 3. The molecule has 4 heteroatoms. The molecule has 0 saturated carbocycles. The van der Waals surface area contributed by atoms with Crippen LogP contribution in [0.2, 0.25) is 0 Å². The van der Waals surface area contributed by atoms with E-state index >= 15 is 0 Å². The highest BCUT2D eigenvalue weighted by Crippen LogP contribution is 2.12. The Morgan fingerprint density at radius 3 is 2.84 bits per heavy atom. The Hall–Kier alpha value is -1.29. The zero-order valence-electron chi connectivity index (χ0n) is 12.1. The molecule has 4 nitrogen and oxygen atoms in total. The van der Waals surface area contributed by atoms with Crippen LogP contribution in [-0.2, 0) is 11.3 Å². The van der Waals surface area contributed by atoms with Crippen molar-refractivity contribution < 1.29 is 4.74 Å². The molecule has 1 atom stereocenters. The topological polar surface area (TPSA) is 57.2 Å². The summed E-state index contributed by atoms with van der Waals surface area (Å²) in [6.07, 6.45) is 6.54. The second-order valence-corrected chi connectivity index (χ2v) is 4.99. The fourth-order valence-corrected chi connectivity index (χ4v) is 2.04. The van der Waals surface area contributed by atoms with Crippen LogP contribution in [0.3, 0.4) is 0 Å². The third kappa shape index (κ3) is 5.92.